The molecule has 0 spiro atoms. The van der Waals surface area contributed by atoms with Crippen LogP contribution in [0.3, 0.4) is 0 Å². The van der Waals surface area contributed by atoms with E-state index in [4.69, 9.17) is 22.7 Å². The molecule has 0 aliphatic rings. The molecule has 0 saturated heterocycles. The van der Waals surface area contributed by atoms with Crippen LogP contribution in [0.1, 0.15) is 4.88 Å². The van der Waals surface area contributed by atoms with Crippen molar-refractivity contribution in [3.05, 3.63) is 21.3 Å². The van der Waals surface area contributed by atoms with Crippen LogP contribution >= 0.6 is 22.9 Å². The summed E-state index contributed by atoms with van der Waals surface area (Å²) in [6.07, 6.45) is 0.469. The Morgan fingerprint density at radius 1 is 1.80 bits per heavy atom. The molecule has 1 aromatic rings. The number of nitrogens with two attached hydrogens (primary N) is 1. The van der Waals surface area contributed by atoms with Crippen molar-refractivity contribution >= 4 is 28.8 Å². The summed E-state index contributed by atoms with van der Waals surface area (Å²) >= 11 is 7.27. The zero-order valence-corrected chi connectivity index (χ0v) is 6.80. The van der Waals surface area contributed by atoms with Gasteiger partial charge in [0.25, 0.3) is 0 Å². The molecule has 0 saturated carbocycles. The second-order valence-corrected chi connectivity index (χ2v) is 3.30. The fourth-order valence-corrected chi connectivity index (χ4v) is 1.75. The molecule has 1 heterocycles. The van der Waals surface area contributed by atoms with E-state index in [1.165, 1.54) is 11.3 Å². The third-order valence-electron chi connectivity index (χ3n) is 1.04. The van der Waals surface area contributed by atoms with Gasteiger partial charge in [0.15, 0.2) is 0 Å². The van der Waals surface area contributed by atoms with Crippen molar-refractivity contribution in [1.29, 1.82) is 5.41 Å². The van der Waals surface area contributed by atoms with Gasteiger partial charge in [-0.15, -0.1) is 11.3 Å². The van der Waals surface area contributed by atoms with Gasteiger partial charge in [0.2, 0.25) is 0 Å². The lowest BCUT2D eigenvalue weighted by molar-refractivity contribution is 1.29. The van der Waals surface area contributed by atoms with Gasteiger partial charge in [-0.2, -0.15) is 0 Å². The maximum atomic E-state index is 6.99. The highest BCUT2D eigenvalue weighted by Crippen LogP contribution is 2.21. The molecular formula is C6H7ClN2S. The molecule has 0 aliphatic heterocycles. The van der Waals surface area contributed by atoms with E-state index in [1.807, 2.05) is 11.4 Å². The maximum Gasteiger partial charge on any atom is 0.0958 e. The van der Waals surface area contributed by atoms with Crippen molar-refractivity contribution in [1.82, 2.24) is 0 Å². The first-order valence-electron chi connectivity index (χ1n) is 2.75. The molecular weight excluding hydrogens is 168 g/mol. The SMILES string of the molecule is N=C(N)Cc1sccc1Cl. The van der Waals surface area contributed by atoms with Crippen molar-refractivity contribution in [2.75, 3.05) is 0 Å². The van der Waals surface area contributed by atoms with Crippen LogP contribution in [0.25, 0.3) is 0 Å². The topological polar surface area (TPSA) is 49.9 Å². The molecule has 0 unspecified atom stereocenters. The smallest absolute Gasteiger partial charge is 0.0958 e. The average Bonchev–Trinajstić information content (AvgIpc) is 2.15. The standard InChI is InChI=1S/C6H7ClN2S/c7-4-1-2-10-5(4)3-6(8)9/h1-2H,3H2,(H3,8,9). The Hall–Kier alpha value is -0.540. The molecule has 54 valence electrons. The number of rotatable bonds is 2. The lowest BCUT2D eigenvalue weighted by atomic mass is 10.3. The Labute approximate surface area is 68.1 Å². The van der Waals surface area contributed by atoms with E-state index in [0.717, 1.165) is 4.88 Å². The maximum absolute atomic E-state index is 6.99. The van der Waals surface area contributed by atoms with Gasteiger partial charge in [-0.1, -0.05) is 11.6 Å². The number of nitrogens with one attached hydrogen (secondary N) is 1. The molecule has 1 aromatic heterocycles. The Morgan fingerprint density at radius 3 is 2.90 bits per heavy atom. The number of thiophene rings is 1. The highest BCUT2D eigenvalue weighted by molar-refractivity contribution is 7.10. The number of hydrogen-bond donors (Lipinski definition) is 2. The van der Waals surface area contributed by atoms with Crippen LogP contribution < -0.4 is 5.73 Å². The molecule has 0 aliphatic carbocycles. The van der Waals surface area contributed by atoms with Crippen molar-refractivity contribution in [2.45, 2.75) is 6.42 Å². The number of hydrogen-bond acceptors (Lipinski definition) is 2. The Bertz CT molecular complexity index is 244. The first-order chi connectivity index (χ1) is 4.70. The Kier molecular flexibility index (Phi) is 2.29. The summed E-state index contributed by atoms with van der Waals surface area (Å²) < 4.78 is 0. The average molecular weight is 175 g/mol. The normalized spacial score (nSPS) is 9.70. The van der Waals surface area contributed by atoms with E-state index in [-0.39, 0.29) is 5.84 Å². The van der Waals surface area contributed by atoms with Crippen LogP contribution in [0.5, 0.6) is 0 Å². The quantitative estimate of drug-likeness (QED) is 0.522. The Balaban J connectivity index is 2.74. The molecule has 0 radical (unpaired) electrons. The molecule has 0 atom stereocenters. The first-order valence-corrected chi connectivity index (χ1v) is 4.00. The highest BCUT2D eigenvalue weighted by atomic mass is 35.5. The van der Waals surface area contributed by atoms with Gasteiger partial charge in [0.05, 0.1) is 10.9 Å². The number of halogens is 1. The lowest BCUT2D eigenvalue weighted by Crippen LogP contribution is -2.11. The van der Waals surface area contributed by atoms with Gasteiger partial charge in [0, 0.05) is 11.3 Å². The van der Waals surface area contributed by atoms with E-state index in [2.05, 4.69) is 0 Å². The molecule has 4 heteroatoms. The van der Waals surface area contributed by atoms with Crippen molar-refractivity contribution in [3.63, 3.8) is 0 Å². The third kappa shape index (κ3) is 1.72. The number of amidine groups is 1. The van der Waals surface area contributed by atoms with Crippen LogP contribution in [-0.4, -0.2) is 5.84 Å². The van der Waals surface area contributed by atoms with E-state index >= 15 is 0 Å². The predicted octanol–water partition coefficient (Wildman–Crippen LogP) is 1.88. The summed E-state index contributed by atoms with van der Waals surface area (Å²) in [4.78, 5) is 0.967. The zero-order chi connectivity index (χ0) is 7.56. The van der Waals surface area contributed by atoms with Gasteiger partial charge >= 0.3 is 0 Å². The summed E-state index contributed by atoms with van der Waals surface area (Å²) in [5.41, 5.74) is 5.18. The lowest BCUT2D eigenvalue weighted by Gasteiger charge is -1.93. The van der Waals surface area contributed by atoms with Crippen LogP contribution in [-0.2, 0) is 6.42 Å². The molecule has 0 aromatic carbocycles. The fourth-order valence-electron chi connectivity index (χ4n) is 0.624. The monoisotopic (exact) mass is 174 g/mol. The van der Waals surface area contributed by atoms with Crippen LogP contribution in [0.2, 0.25) is 5.02 Å². The minimum absolute atomic E-state index is 0.157. The van der Waals surface area contributed by atoms with Crippen LogP contribution in [0, 0.1) is 5.41 Å². The Morgan fingerprint density at radius 2 is 2.50 bits per heavy atom. The van der Waals surface area contributed by atoms with Gasteiger partial charge in [-0.05, 0) is 11.4 Å². The minimum Gasteiger partial charge on any atom is -0.387 e. The van der Waals surface area contributed by atoms with E-state index < -0.39 is 0 Å². The summed E-state index contributed by atoms with van der Waals surface area (Å²) in [7, 11) is 0. The largest absolute Gasteiger partial charge is 0.387 e. The molecule has 1 rings (SSSR count). The summed E-state index contributed by atoms with van der Waals surface area (Å²) in [6, 6.07) is 1.81. The van der Waals surface area contributed by atoms with E-state index in [9.17, 15) is 0 Å². The van der Waals surface area contributed by atoms with Crippen LogP contribution in [0.15, 0.2) is 11.4 Å². The van der Waals surface area contributed by atoms with Gasteiger partial charge in [-0.3, -0.25) is 5.41 Å². The molecule has 2 nitrogen and oxygen atoms in total. The van der Waals surface area contributed by atoms with E-state index in [0.29, 0.717) is 11.4 Å². The summed E-state index contributed by atoms with van der Waals surface area (Å²) in [5, 5.41) is 9.59. The third-order valence-corrected chi connectivity index (χ3v) is 2.43. The van der Waals surface area contributed by atoms with Crippen LogP contribution in [0.4, 0.5) is 0 Å². The fraction of sp³-hybridized carbons (Fsp3) is 0.167. The van der Waals surface area contributed by atoms with Gasteiger partial charge in [-0.25, -0.2) is 0 Å². The molecule has 0 bridgehead atoms. The molecule has 3 N–H and O–H groups in total. The minimum atomic E-state index is 0.157. The first kappa shape index (κ1) is 7.57. The molecule has 10 heavy (non-hydrogen) atoms. The van der Waals surface area contributed by atoms with Crippen molar-refractivity contribution in [2.24, 2.45) is 5.73 Å². The summed E-state index contributed by atoms with van der Waals surface area (Å²) in [5.74, 6) is 0.157. The molecule has 0 fully saturated rings. The second kappa shape index (κ2) is 3.03. The zero-order valence-electron chi connectivity index (χ0n) is 5.23. The predicted molar refractivity (Wildman–Crippen MR) is 44.9 cm³/mol. The highest BCUT2D eigenvalue weighted by Gasteiger charge is 2.01. The summed E-state index contributed by atoms with van der Waals surface area (Å²) in [6.45, 7) is 0. The van der Waals surface area contributed by atoms with Gasteiger partial charge < -0.3 is 5.73 Å². The molecule has 0 amide bonds. The van der Waals surface area contributed by atoms with E-state index in [1.54, 1.807) is 0 Å². The van der Waals surface area contributed by atoms with Gasteiger partial charge in [0.1, 0.15) is 0 Å². The van der Waals surface area contributed by atoms with Crippen molar-refractivity contribution in [3.8, 4) is 0 Å². The van der Waals surface area contributed by atoms with Crippen molar-refractivity contribution < 1.29 is 0 Å². The second-order valence-electron chi connectivity index (χ2n) is 1.89.